The number of ether oxygens (including phenoxy) is 1. The summed E-state index contributed by atoms with van der Waals surface area (Å²) in [5.74, 6) is -1.10. The van der Waals surface area contributed by atoms with Crippen LogP contribution in [0.25, 0.3) is 0 Å². The van der Waals surface area contributed by atoms with Gasteiger partial charge in [0.2, 0.25) is 0 Å². The molecule has 2 rings (SSSR count). The summed E-state index contributed by atoms with van der Waals surface area (Å²) in [7, 11) is 1.50. The highest BCUT2D eigenvalue weighted by molar-refractivity contribution is 6.04. The zero-order valence-corrected chi connectivity index (χ0v) is 11.5. The monoisotopic (exact) mass is 290 g/mol. The first-order chi connectivity index (χ1) is 10.0. The average Bonchev–Trinajstić information content (AvgIpc) is 2.90. The molecule has 0 saturated heterocycles. The van der Waals surface area contributed by atoms with Crippen LogP contribution in [-0.4, -0.2) is 29.2 Å². The Morgan fingerprint density at radius 3 is 2.86 bits per heavy atom. The molecule has 0 unspecified atom stereocenters. The Hall–Kier alpha value is -2.67. The highest BCUT2D eigenvalue weighted by Gasteiger charge is 2.16. The lowest BCUT2D eigenvalue weighted by molar-refractivity contribution is 0.0695. The van der Waals surface area contributed by atoms with Crippen LogP contribution in [0.3, 0.4) is 0 Å². The van der Waals surface area contributed by atoms with Crippen molar-refractivity contribution in [3.05, 3.63) is 46.8 Å². The number of rotatable bonds is 5. The summed E-state index contributed by atoms with van der Waals surface area (Å²) in [4.78, 5) is 23.1. The number of aromatic carboxylic acids is 1. The molecule has 2 aromatic rings. The fourth-order valence-electron chi connectivity index (χ4n) is 1.82. The fourth-order valence-corrected chi connectivity index (χ4v) is 1.82. The third-order valence-corrected chi connectivity index (χ3v) is 2.89. The number of carboxylic acids is 1. The molecular formula is C14H14N2O5. The molecule has 21 heavy (non-hydrogen) atoms. The van der Waals surface area contributed by atoms with Gasteiger partial charge in [0, 0.05) is 18.9 Å². The van der Waals surface area contributed by atoms with Gasteiger partial charge in [0.25, 0.3) is 5.91 Å². The van der Waals surface area contributed by atoms with Crippen LogP contribution in [0, 0.1) is 6.92 Å². The molecule has 110 valence electrons. The Morgan fingerprint density at radius 1 is 1.43 bits per heavy atom. The summed E-state index contributed by atoms with van der Waals surface area (Å²) in [6.07, 6.45) is 0. The summed E-state index contributed by atoms with van der Waals surface area (Å²) in [6, 6.07) is 6.12. The molecule has 1 aromatic heterocycles. The van der Waals surface area contributed by atoms with Crippen molar-refractivity contribution in [1.82, 2.24) is 5.16 Å². The van der Waals surface area contributed by atoms with Crippen LogP contribution in [0.1, 0.15) is 32.2 Å². The lowest BCUT2D eigenvalue weighted by Gasteiger charge is -2.09. The first-order valence-corrected chi connectivity index (χ1v) is 6.11. The molecule has 0 aliphatic heterocycles. The molecule has 1 amide bonds. The molecule has 1 aromatic carbocycles. The SMILES string of the molecule is COCc1cc(C(=O)Nc2cccc(C(=O)O)c2C)no1. The molecule has 0 fully saturated rings. The zero-order chi connectivity index (χ0) is 15.4. The number of benzene rings is 1. The Morgan fingerprint density at radius 2 is 2.19 bits per heavy atom. The predicted molar refractivity (Wildman–Crippen MR) is 73.3 cm³/mol. The van der Waals surface area contributed by atoms with Crippen LogP contribution in [0.4, 0.5) is 5.69 Å². The van der Waals surface area contributed by atoms with Crippen molar-refractivity contribution in [2.24, 2.45) is 0 Å². The molecule has 0 bridgehead atoms. The summed E-state index contributed by atoms with van der Waals surface area (Å²) in [5.41, 5.74) is 1.12. The molecule has 1 heterocycles. The van der Waals surface area contributed by atoms with E-state index in [4.69, 9.17) is 14.4 Å². The van der Waals surface area contributed by atoms with Crippen LogP contribution < -0.4 is 5.32 Å². The van der Waals surface area contributed by atoms with Gasteiger partial charge < -0.3 is 19.7 Å². The number of hydrogen-bond donors (Lipinski definition) is 2. The number of carbonyl (C=O) groups excluding carboxylic acids is 1. The van der Waals surface area contributed by atoms with Crippen molar-refractivity contribution in [2.45, 2.75) is 13.5 Å². The second kappa shape index (κ2) is 6.19. The van der Waals surface area contributed by atoms with E-state index in [1.807, 2.05) is 0 Å². The summed E-state index contributed by atoms with van der Waals surface area (Å²) in [5, 5.41) is 15.3. The number of aromatic nitrogens is 1. The van der Waals surface area contributed by atoms with E-state index in [1.54, 1.807) is 19.1 Å². The third kappa shape index (κ3) is 3.26. The number of nitrogens with zero attached hydrogens (tertiary/aromatic N) is 1. The minimum Gasteiger partial charge on any atom is -0.478 e. The van der Waals surface area contributed by atoms with Crippen molar-refractivity contribution in [3.8, 4) is 0 Å². The molecular weight excluding hydrogens is 276 g/mol. The number of carboxylic acid groups (broad SMARTS) is 1. The second-order valence-electron chi connectivity index (χ2n) is 4.35. The number of hydrogen-bond acceptors (Lipinski definition) is 5. The highest BCUT2D eigenvalue weighted by Crippen LogP contribution is 2.19. The smallest absolute Gasteiger partial charge is 0.336 e. The van der Waals surface area contributed by atoms with Gasteiger partial charge in [0.1, 0.15) is 6.61 Å². The van der Waals surface area contributed by atoms with Gasteiger partial charge in [0.15, 0.2) is 11.5 Å². The molecule has 0 saturated carbocycles. The second-order valence-corrected chi connectivity index (χ2v) is 4.35. The summed E-state index contributed by atoms with van der Waals surface area (Å²) < 4.78 is 9.80. The fraction of sp³-hybridized carbons (Fsp3) is 0.214. The van der Waals surface area contributed by atoms with E-state index >= 15 is 0 Å². The van der Waals surface area contributed by atoms with Crippen molar-refractivity contribution in [1.29, 1.82) is 0 Å². The minimum absolute atomic E-state index is 0.0992. The van der Waals surface area contributed by atoms with Crippen molar-refractivity contribution in [3.63, 3.8) is 0 Å². The zero-order valence-electron chi connectivity index (χ0n) is 11.5. The van der Waals surface area contributed by atoms with Crippen molar-refractivity contribution < 1.29 is 24.0 Å². The minimum atomic E-state index is -1.05. The number of methoxy groups -OCH3 is 1. The lowest BCUT2D eigenvalue weighted by Crippen LogP contribution is -2.14. The van der Waals surface area contributed by atoms with Gasteiger partial charge in [-0.2, -0.15) is 0 Å². The largest absolute Gasteiger partial charge is 0.478 e. The van der Waals surface area contributed by atoms with Crippen LogP contribution in [0.5, 0.6) is 0 Å². The summed E-state index contributed by atoms with van der Waals surface area (Å²) in [6.45, 7) is 1.84. The molecule has 0 spiro atoms. The van der Waals surface area contributed by atoms with Gasteiger partial charge in [-0.25, -0.2) is 4.79 Å². The number of amides is 1. The predicted octanol–water partition coefficient (Wildman–Crippen LogP) is 2.08. The van der Waals surface area contributed by atoms with Gasteiger partial charge in [-0.1, -0.05) is 11.2 Å². The van der Waals surface area contributed by atoms with Crippen molar-refractivity contribution in [2.75, 3.05) is 12.4 Å². The topological polar surface area (TPSA) is 102 Å². The van der Waals surface area contributed by atoms with Gasteiger partial charge in [0.05, 0.1) is 5.56 Å². The van der Waals surface area contributed by atoms with Gasteiger partial charge in [-0.15, -0.1) is 0 Å². The third-order valence-electron chi connectivity index (χ3n) is 2.89. The Bertz CT molecular complexity index is 678. The van der Waals surface area contributed by atoms with Crippen molar-refractivity contribution >= 4 is 17.6 Å². The van der Waals surface area contributed by atoms with Gasteiger partial charge >= 0.3 is 5.97 Å². The van der Waals surface area contributed by atoms with E-state index in [2.05, 4.69) is 10.5 Å². The molecule has 7 heteroatoms. The maximum absolute atomic E-state index is 12.0. The van der Waals surface area contributed by atoms with E-state index < -0.39 is 11.9 Å². The number of carbonyl (C=O) groups is 2. The van der Waals surface area contributed by atoms with Gasteiger partial charge in [-0.3, -0.25) is 4.79 Å². The maximum Gasteiger partial charge on any atom is 0.336 e. The van der Waals surface area contributed by atoms with Crippen LogP contribution in [0.15, 0.2) is 28.8 Å². The van der Waals surface area contributed by atoms with E-state index in [0.29, 0.717) is 17.0 Å². The molecule has 0 atom stereocenters. The molecule has 0 aliphatic rings. The lowest BCUT2D eigenvalue weighted by atomic mass is 10.1. The summed E-state index contributed by atoms with van der Waals surface area (Å²) >= 11 is 0. The van der Waals surface area contributed by atoms with E-state index in [0.717, 1.165) is 0 Å². The molecule has 7 nitrogen and oxygen atoms in total. The molecule has 0 aliphatic carbocycles. The standard InChI is InChI=1S/C14H14N2O5/c1-8-10(14(18)19)4-3-5-11(8)15-13(17)12-6-9(7-20-2)21-16-12/h3-6H,7H2,1-2H3,(H,15,17)(H,18,19). The molecule has 2 N–H and O–H groups in total. The first-order valence-electron chi connectivity index (χ1n) is 6.11. The Kier molecular flexibility index (Phi) is 4.34. The Labute approximate surface area is 120 Å². The van der Waals surface area contributed by atoms with Gasteiger partial charge in [-0.05, 0) is 24.6 Å². The van der Waals surface area contributed by atoms with E-state index in [-0.39, 0.29) is 17.9 Å². The maximum atomic E-state index is 12.0. The van der Waals surface area contributed by atoms with Crippen LogP contribution in [0.2, 0.25) is 0 Å². The molecule has 0 radical (unpaired) electrons. The van der Waals surface area contributed by atoms with Crippen LogP contribution >= 0.6 is 0 Å². The Balaban J connectivity index is 2.19. The van der Waals surface area contributed by atoms with Crippen LogP contribution in [-0.2, 0) is 11.3 Å². The highest BCUT2D eigenvalue weighted by atomic mass is 16.5. The quantitative estimate of drug-likeness (QED) is 0.874. The van der Waals surface area contributed by atoms with E-state index in [9.17, 15) is 9.59 Å². The van der Waals surface area contributed by atoms with E-state index in [1.165, 1.54) is 19.2 Å². The normalized spacial score (nSPS) is 10.4. The number of nitrogens with one attached hydrogen (secondary N) is 1. The first kappa shape index (κ1) is 14.7. The average molecular weight is 290 g/mol. The number of anilines is 1.